The van der Waals surface area contributed by atoms with Gasteiger partial charge in [-0.25, -0.2) is 0 Å². The van der Waals surface area contributed by atoms with Crippen LogP contribution >= 0.6 is 0 Å². The van der Waals surface area contributed by atoms with E-state index in [0.717, 1.165) is 5.75 Å². The Kier molecular flexibility index (Phi) is 2.43. The third-order valence-electron chi connectivity index (χ3n) is 4.56. The smallest absolute Gasteiger partial charge is 0.147 e. The van der Waals surface area contributed by atoms with E-state index in [4.69, 9.17) is 4.84 Å². The molecule has 3 aromatic carbocycles. The molecule has 106 valence electrons. The number of fused-ring (bicyclic) bond motifs is 6. The Labute approximate surface area is 129 Å². The lowest BCUT2D eigenvalue weighted by Crippen LogP contribution is -2.04. The van der Waals surface area contributed by atoms with Gasteiger partial charge in [0.05, 0.1) is 12.1 Å². The summed E-state index contributed by atoms with van der Waals surface area (Å²) in [5.74, 6) is 0.895. The van der Waals surface area contributed by atoms with Crippen LogP contribution in [0.2, 0.25) is 0 Å². The number of nitrogens with zero attached hydrogens (tertiary/aromatic N) is 1. The summed E-state index contributed by atoms with van der Waals surface area (Å²) in [6.07, 6.45) is 0. The predicted octanol–water partition coefficient (Wildman–Crippen LogP) is 4.76. The second-order valence-corrected chi connectivity index (χ2v) is 5.83. The van der Waals surface area contributed by atoms with Crippen molar-refractivity contribution < 1.29 is 4.84 Å². The van der Waals surface area contributed by atoms with Crippen molar-refractivity contribution in [3.05, 3.63) is 90.0 Å². The molecule has 2 aliphatic rings. The van der Waals surface area contributed by atoms with Crippen LogP contribution in [0.15, 0.2) is 78.9 Å². The molecule has 1 fully saturated rings. The van der Waals surface area contributed by atoms with Gasteiger partial charge in [-0.2, -0.15) is 0 Å². The van der Waals surface area contributed by atoms with Gasteiger partial charge in [0.1, 0.15) is 5.75 Å². The molecule has 2 atom stereocenters. The zero-order valence-electron chi connectivity index (χ0n) is 12.0. The summed E-state index contributed by atoms with van der Waals surface area (Å²) in [4.78, 5) is 6.12. The Morgan fingerprint density at radius 1 is 0.591 bits per heavy atom. The van der Waals surface area contributed by atoms with Crippen molar-refractivity contribution in [1.82, 2.24) is 5.06 Å². The van der Waals surface area contributed by atoms with Gasteiger partial charge < -0.3 is 4.84 Å². The van der Waals surface area contributed by atoms with E-state index in [2.05, 4.69) is 53.6 Å². The third-order valence-corrected chi connectivity index (χ3v) is 4.56. The van der Waals surface area contributed by atoms with Crippen molar-refractivity contribution in [3.8, 4) is 16.9 Å². The van der Waals surface area contributed by atoms with Crippen LogP contribution in [0.1, 0.15) is 23.2 Å². The van der Waals surface area contributed by atoms with Gasteiger partial charge in [-0.3, -0.25) is 0 Å². The van der Waals surface area contributed by atoms with Gasteiger partial charge in [-0.1, -0.05) is 66.7 Å². The van der Waals surface area contributed by atoms with Gasteiger partial charge in [-0.15, -0.1) is 5.06 Å². The highest BCUT2D eigenvalue weighted by molar-refractivity contribution is 5.76. The molecule has 0 aromatic heterocycles. The Morgan fingerprint density at radius 2 is 1.09 bits per heavy atom. The molecule has 0 bridgehead atoms. The first-order chi connectivity index (χ1) is 10.9. The number of rotatable bonds is 2. The molecule has 2 nitrogen and oxygen atoms in total. The average molecular weight is 285 g/mol. The van der Waals surface area contributed by atoms with Crippen molar-refractivity contribution in [1.29, 1.82) is 0 Å². The van der Waals surface area contributed by atoms with E-state index >= 15 is 0 Å². The summed E-state index contributed by atoms with van der Waals surface area (Å²) < 4.78 is 0. The minimum Gasteiger partial charge on any atom is -0.405 e. The average Bonchev–Trinajstić information content (AvgIpc) is 3.30. The van der Waals surface area contributed by atoms with Crippen molar-refractivity contribution in [2.24, 2.45) is 0 Å². The Morgan fingerprint density at radius 3 is 1.68 bits per heavy atom. The van der Waals surface area contributed by atoms with Gasteiger partial charge in [0, 0.05) is 0 Å². The highest BCUT2D eigenvalue weighted by atomic mass is 16.7. The fourth-order valence-corrected chi connectivity index (χ4v) is 3.54. The van der Waals surface area contributed by atoms with E-state index in [1.54, 1.807) is 0 Å². The molecular formula is C20H15NO. The van der Waals surface area contributed by atoms with E-state index < -0.39 is 0 Å². The molecule has 1 aliphatic heterocycles. The summed E-state index contributed by atoms with van der Waals surface area (Å²) in [6, 6.07) is 28.0. The second-order valence-electron chi connectivity index (χ2n) is 5.83. The molecular weight excluding hydrogens is 270 g/mol. The fraction of sp³-hybridized carbons (Fsp3) is 0.100. The highest BCUT2D eigenvalue weighted by Crippen LogP contribution is 2.61. The van der Waals surface area contributed by atoms with Gasteiger partial charge in [0.2, 0.25) is 0 Å². The monoisotopic (exact) mass is 285 g/mol. The van der Waals surface area contributed by atoms with Crippen LogP contribution in [0.5, 0.6) is 5.75 Å². The highest BCUT2D eigenvalue weighted by Gasteiger charge is 2.56. The van der Waals surface area contributed by atoms with Crippen LogP contribution in [0, 0.1) is 0 Å². The molecule has 1 heterocycles. The zero-order chi connectivity index (χ0) is 14.5. The molecule has 1 aliphatic carbocycles. The zero-order valence-corrected chi connectivity index (χ0v) is 12.0. The van der Waals surface area contributed by atoms with Gasteiger partial charge in [0.15, 0.2) is 0 Å². The van der Waals surface area contributed by atoms with E-state index in [-0.39, 0.29) is 0 Å². The number of para-hydroxylation sites is 1. The fourth-order valence-electron chi connectivity index (χ4n) is 3.54. The first kappa shape index (κ1) is 12.0. The molecule has 2 unspecified atom stereocenters. The van der Waals surface area contributed by atoms with Crippen LogP contribution < -0.4 is 4.84 Å². The summed E-state index contributed by atoms with van der Waals surface area (Å²) >= 11 is 0. The van der Waals surface area contributed by atoms with E-state index in [0.29, 0.717) is 12.1 Å². The second kappa shape index (κ2) is 4.46. The van der Waals surface area contributed by atoms with Crippen molar-refractivity contribution in [2.45, 2.75) is 12.1 Å². The molecule has 2 heteroatoms. The first-order valence-electron chi connectivity index (χ1n) is 7.63. The molecule has 0 radical (unpaired) electrons. The Balaban J connectivity index is 1.60. The van der Waals surface area contributed by atoms with Crippen LogP contribution in [-0.2, 0) is 0 Å². The van der Waals surface area contributed by atoms with Crippen LogP contribution in [0.4, 0.5) is 0 Å². The molecule has 0 amide bonds. The topological polar surface area (TPSA) is 12.2 Å². The lowest BCUT2D eigenvalue weighted by atomic mass is 9.86. The van der Waals surface area contributed by atoms with E-state index in [1.807, 2.05) is 30.3 Å². The molecule has 0 N–H and O–H groups in total. The predicted molar refractivity (Wildman–Crippen MR) is 86.3 cm³/mol. The number of hydrogen-bond acceptors (Lipinski definition) is 2. The normalized spacial score (nSPS) is 23.9. The van der Waals surface area contributed by atoms with Gasteiger partial charge >= 0.3 is 0 Å². The summed E-state index contributed by atoms with van der Waals surface area (Å²) in [5, 5.41) is 2.11. The maximum atomic E-state index is 6.12. The summed E-state index contributed by atoms with van der Waals surface area (Å²) in [5.41, 5.74) is 5.39. The maximum Gasteiger partial charge on any atom is 0.147 e. The molecule has 3 aromatic rings. The summed E-state index contributed by atoms with van der Waals surface area (Å²) in [7, 11) is 0. The molecule has 0 spiro atoms. The van der Waals surface area contributed by atoms with Gasteiger partial charge in [-0.05, 0) is 34.4 Å². The molecule has 0 saturated carbocycles. The summed E-state index contributed by atoms with van der Waals surface area (Å²) in [6.45, 7) is 0. The lowest BCUT2D eigenvalue weighted by Gasteiger charge is -2.16. The largest absolute Gasteiger partial charge is 0.405 e. The number of benzene rings is 3. The maximum absolute atomic E-state index is 6.12. The number of hydroxylamine groups is 2. The molecule has 1 saturated heterocycles. The minimum absolute atomic E-state index is 0.325. The quantitative estimate of drug-likeness (QED) is 0.629. The lowest BCUT2D eigenvalue weighted by molar-refractivity contribution is 0.0393. The van der Waals surface area contributed by atoms with Crippen LogP contribution in [0.25, 0.3) is 11.1 Å². The Hall–Kier alpha value is -2.58. The first-order valence-corrected chi connectivity index (χ1v) is 7.63. The SMILES string of the molecule is c1ccc(ON2C3c4ccccc4-c4ccccc4C32)cc1. The van der Waals surface area contributed by atoms with Crippen LogP contribution in [-0.4, -0.2) is 5.06 Å². The third kappa shape index (κ3) is 1.65. The molecule has 5 rings (SSSR count). The Bertz CT molecular complexity index is 792. The van der Waals surface area contributed by atoms with Crippen molar-refractivity contribution >= 4 is 0 Å². The number of hydrogen-bond donors (Lipinski definition) is 0. The van der Waals surface area contributed by atoms with Crippen molar-refractivity contribution in [2.75, 3.05) is 0 Å². The van der Waals surface area contributed by atoms with E-state index in [1.165, 1.54) is 22.3 Å². The van der Waals surface area contributed by atoms with Crippen molar-refractivity contribution in [3.63, 3.8) is 0 Å². The van der Waals surface area contributed by atoms with Gasteiger partial charge in [0.25, 0.3) is 0 Å². The minimum atomic E-state index is 0.325. The standard InChI is InChI=1S/C20H15NO/c1-2-8-14(9-3-1)22-21-19-17-12-6-4-10-15(17)16-11-5-7-13-18(16)20(19)21/h1-13,19-20H. The van der Waals surface area contributed by atoms with Crippen LogP contribution in [0.3, 0.4) is 0 Å². The van der Waals surface area contributed by atoms with E-state index in [9.17, 15) is 0 Å². The molecule has 22 heavy (non-hydrogen) atoms.